The number of nitrogens with zero attached hydrogens (tertiary/aromatic N) is 4. The molecule has 15 heteroatoms. The van der Waals surface area contributed by atoms with Crippen molar-refractivity contribution in [3.63, 3.8) is 0 Å². The molecular formula is C39H41ClF3N5O6. The number of alkyl halides is 3. The van der Waals surface area contributed by atoms with E-state index in [9.17, 15) is 22.8 Å². The number of aromatic nitrogens is 3. The average Bonchev–Trinajstić information content (AvgIpc) is 3.55. The third-order valence-electron chi connectivity index (χ3n) is 9.38. The Bertz CT molecular complexity index is 2030. The van der Waals surface area contributed by atoms with Crippen molar-refractivity contribution in [3.05, 3.63) is 81.5 Å². The Balaban J connectivity index is 1.30. The second-order valence-electron chi connectivity index (χ2n) is 14.0. The molecule has 0 spiro atoms. The Hall–Kier alpha value is -4.95. The van der Waals surface area contributed by atoms with E-state index >= 15 is 0 Å². The zero-order valence-electron chi connectivity index (χ0n) is 30.6. The standard InChI is InChI=1S/C39H41ClF3N5O6/c1-38(2,3)54-37(50)48(24-14-17-53-18-15-24)20-22-9-11-31(46-35(22)51-4)28-13-16-44-33(32(28)40)27-8-6-7-26-25(27)10-12-30(26)45-34-29(39(41,42)43)19-23(21-49)36(47-34)52-5/h6-9,11,13,16,19,21,24,30H,10,12,14-15,17-18,20H2,1-5H3,(H,45,47)/t30-/m0/s1. The first-order chi connectivity index (χ1) is 25.7. The van der Waals surface area contributed by atoms with E-state index in [1.165, 1.54) is 14.2 Å². The predicted molar refractivity (Wildman–Crippen MR) is 196 cm³/mol. The number of rotatable bonds is 10. The van der Waals surface area contributed by atoms with Gasteiger partial charge in [-0.1, -0.05) is 29.8 Å². The maximum atomic E-state index is 14.1. The number of benzene rings is 1. The van der Waals surface area contributed by atoms with Crippen LogP contribution < -0.4 is 14.8 Å². The van der Waals surface area contributed by atoms with Gasteiger partial charge in [0.05, 0.1) is 54.3 Å². The highest BCUT2D eigenvalue weighted by Crippen LogP contribution is 2.44. The zero-order chi connectivity index (χ0) is 38.8. The summed E-state index contributed by atoms with van der Waals surface area (Å²) < 4.78 is 64.3. The Morgan fingerprint density at radius 3 is 2.43 bits per heavy atom. The summed E-state index contributed by atoms with van der Waals surface area (Å²) in [5.41, 5.74) is 2.61. The van der Waals surface area contributed by atoms with Crippen molar-refractivity contribution < 1.29 is 41.7 Å². The maximum absolute atomic E-state index is 14.1. The van der Waals surface area contributed by atoms with Gasteiger partial charge in [-0.3, -0.25) is 9.78 Å². The van der Waals surface area contributed by atoms with Gasteiger partial charge >= 0.3 is 12.3 Å². The van der Waals surface area contributed by atoms with Gasteiger partial charge < -0.3 is 29.2 Å². The number of pyridine rings is 3. The predicted octanol–water partition coefficient (Wildman–Crippen LogP) is 8.72. The summed E-state index contributed by atoms with van der Waals surface area (Å²) >= 11 is 7.09. The molecule has 1 aliphatic carbocycles. The van der Waals surface area contributed by atoms with Crippen LogP contribution in [0.15, 0.2) is 48.7 Å². The number of carbonyl (C=O) groups excluding carboxylic acids is 2. The van der Waals surface area contributed by atoms with Crippen LogP contribution in [-0.4, -0.2) is 71.3 Å². The van der Waals surface area contributed by atoms with E-state index in [4.69, 9.17) is 35.5 Å². The number of carbonyl (C=O) groups is 2. The molecule has 11 nitrogen and oxygen atoms in total. The van der Waals surface area contributed by atoms with Crippen LogP contribution >= 0.6 is 11.6 Å². The molecule has 54 heavy (non-hydrogen) atoms. The highest BCUT2D eigenvalue weighted by atomic mass is 35.5. The minimum Gasteiger partial charge on any atom is -0.481 e. The quantitative estimate of drug-likeness (QED) is 0.157. The number of anilines is 1. The largest absolute Gasteiger partial charge is 0.481 e. The summed E-state index contributed by atoms with van der Waals surface area (Å²) in [5.74, 6) is -0.322. The van der Waals surface area contributed by atoms with Gasteiger partial charge in [-0.25, -0.2) is 9.78 Å². The van der Waals surface area contributed by atoms with Crippen molar-refractivity contribution >= 4 is 29.8 Å². The third-order valence-corrected chi connectivity index (χ3v) is 9.76. The molecule has 286 valence electrons. The monoisotopic (exact) mass is 767 g/mol. The first-order valence-corrected chi connectivity index (χ1v) is 17.9. The van der Waals surface area contributed by atoms with Crippen molar-refractivity contribution in [2.75, 3.05) is 32.8 Å². The molecule has 0 unspecified atom stereocenters. The molecule has 1 amide bonds. The van der Waals surface area contributed by atoms with Gasteiger partial charge in [-0.2, -0.15) is 18.2 Å². The number of hydrogen-bond acceptors (Lipinski definition) is 10. The van der Waals surface area contributed by atoms with Gasteiger partial charge in [0.15, 0.2) is 6.29 Å². The molecule has 0 bridgehead atoms. The van der Waals surface area contributed by atoms with Crippen LogP contribution in [0.4, 0.5) is 23.8 Å². The normalized spacial score (nSPS) is 16.1. The maximum Gasteiger partial charge on any atom is 0.419 e. The van der Waals surface area contributed by atoms with Gasteiger partial charge in [-0.15, -0.1) is 0 Å². The molecule has 1 saturated heterocycles. The van der Waals surface area contributed by atoms with E-state index in [0.29, 0.717) is 72.3 Å². The van der Waals surface area contributed by atoms with Gasteiger partial charge in [-0.05, 0) is 81.8 Å². The molecule has 6 rings (SSSR count). The van der Waals surface area contributed by atoms with Crippen molar-refractivity contribution in [1.29, 1.82) is 0 Å². The minimum atomic E-state index is -4.77. The second-order valence-corrected chi connectivity index (χ2v) is 14.4. The molecule has 1 N–H and O–H groups in total. The molecule has 4 heterocycles. The molecule has 0 saturated carbocycles. The third kappa shape index (κ3) is 8.24. The van der Waals surface area contributed by atoms with E-state index in [-0.39, 0.29) is 30.3 Å². The first kappa shape index (κ1) is 38.8. The average molecular weight is 768 g/mol. The number of nitrogens with one attached hydrogen (secondary N) is 1. The summed E-state index contributed by atoms with van der Waals surface area (Å²) in [6.07, 6.45) is -0.943. The fourth-order valence-electron chi connectivity index (χ4n) is 6.87. The number of halogens is 4. The molecule has 4 aromatic rings. The summed E-state index contributed by atoms with van der Waals surface area (Å²) in [7, 11) is 2.75. The molecule has 1 atom stereocenters. The molecule has 1 fully saturated rings. The lowest BCUT2D eigenvalue weighted by Gasteiger charge is -2.35. The number of hydrogen-bond donors (Lipinski definition) is 1. The van der Waals surface area contributed by atoms with Crippen molar-refractivity contribution in [3.8, 4) is 34.3 Å². The zero-order valence-corrected chi connectivity index (χ0v) is 31.3. The number of amides is 1. The van der Waals surface area contributed by atoms with Crippen LogP contribution in [0.5, 0.6) is 11.8 Å². The van der Waals surface area contributed by atoms with Crippen LogP contribution in [0.25, 0.3) is 22.5 Å². The van der Waals surface area contributed by atoms with Gasteiger partial charge in [0.25, 0.3) is 0 Å². The van der Waals surface area contributed by atoms with E-state index in [0.717, 1.165) is 22.8 Å². The van der Waals surface area contributed by atoms with E-state index in [2.05, 4.69) is 15.3 Å². The van der Waals surface area contributed by atoms with Crippen LogP contribution in [-0.2, 0) is 28.6 Å². The van der Waals surface area contributed by atoms with Gasteiger partial charge in [0, 0.05) is 42.1 Å². The lowest BCUT2D eigenvalue weighted by molar-refractivity contribution is -0.137. The lowest BCUT2D eigenvalue weighted by Crippen LogP contribution is -2.45. The summed E-state index contributed by atoms with van der Waals surface area (Å²) in [6, 6.07) is 11.1. The number of methoxy groups -OCH3 is 2. The van der Waals surface area contributed by atoms with E-state index in [1.54, 1.807) is 23.2 Å². The van der Waals surface area contributed by atoms with Gasteiger partial charge in [0.1, 0.15) is 11.4 Å². The Kier molecular flexibility index (Phi) is 11.3. The Morgan fingerprint density at radius 1 is 1.02 bits per heavy atom. The second kappa shape index (κ2) is 15.8. The Labute approximate surface area is 316 Å². The first-order valence-electron chi connectivity index (χ1n) is 17.5. The van der Waals surface area contributed by atoms with Crippen molar-refractivity contribution in [2.45, 2.75) is 76.9 Å². The number of fused-ring (bicyclic) bond motifs is 1. The topological polar surface area (TPSA) is 125 Å². The van der Waals surface area contributed by atoms with E-state index < -0.39 is 35.3 Å². The lowest BCUT2D eigenvalue weighted by atomic mass is 9.98. The number of aldehydes is 1. The summed E-state index contributed by atoms with van der Waals surface area (Å²) in [6.45, 7) is 6.79. The summed E-state index contributed by atoms with van der Waals surface area (Å²) in [4.78, 5) is 40.0. The fourth-order valence-corrected chi connectivity index (χ4v) is 7.18. The smallest absolute Gasteiger partial charge is 0.419 e. The SMILES string of the molecule is COc1nc(N[C@H]2CCc3c(-c4nccc(-c5ccc(CN(C(=O)OC(C)(C)C)C6CCOCC6)c(OC)n5)c4Cl)cccc32)c(C(F)(F)F)cc1C=O. The fraction of sp³-hybridized carbons (Fsp3) is 0.410. The molecular weight excluding hydrogens is 727 g/mol. The molecule has 1 aromatic carbocycles. The van der Waals surface area contributed by atoms with Crippen LogP contribution in [0.1, 0.15) is 78.7 Å². The van der Waals surface area contributed by atoms with Crippen LogP contribution in [0.3, 0.4) is 0 Å². The number of ether oxygens (including phenoxy) is 4. The highest BCUT2D eigenvalue weighted by Gasteiger charge is 2.38. The molecule has 0 radical (unpaired) electrons. The summed E-state index contributed by atoms with van der Waals surface area (Å²) in [5, 5.41) is 3.29. The van der Waals surface area contributed by atoms with Crippen LogP contribution in [0, 0.1) is 0 Å². The molecule has 2 aliphatic rings. The highest BCUT2D eigenvalue weighted by molar-refractivity contribution is 6.35. The Morgan fingerprint density at radius 2 is 1.76 bits per heavy atom. The van der Waals surface area contributed by atoms with Crippen LogP contribution in [0.2, 0.25) is 5.02 Å². The van der Waals surface area contributed by atoms with Gasteiger partial charge in [0.2, 0.25) is 11.8 Å². The minimum absolute atomic E-state index is 0.0774. The molecule has 3 aromatic heterocycles. The van der Waals surface area contributed by atoms with Crippen molar-refractivity contribution in [1.82, 2.24) is 19.9 Å². The van der Waals surface area contributed by atoms with E-state index in [1.807, 2.05) is 45.0 Å². The molecule has 1 aliphatic heterocycles. The van der Waals surface area contributed by atoms with Crippen molar-refractivity contribution in [2.24, 2.45) is 0 Å².